The molecule has 4 rings (SSSR count). The first-order chi connectivity index (χ1) is 12.3. The summed E-state index contributed by atoms with van der Waals surface area (Å²) >= 11 is 0. The van der Waals surface area contributed by atoms with Crippen LogP contribution in [0.15, 0.2) is 84.9 Å². The Morgan fingerprint density at radius 1 is 0.615 bits per heavy atom. The van der Waals surface area contributed by atoms with E-state index in [0.717, 1.165) is 22.6 Å². The van der Waals surface area contributed by atoms with Gasteiger partial charge in [0.25, 0.3) is 0 Å². The van der Waals surface area contributed by atoms with Crippen LogP contribution in [-0.4, -0.2) is 15.1 Å². The molecule has 0 aliphatic heterocycles. The molecule has 0 saturated carbocycles. The second-order valence-electron chi connectivity index (χ2n) is 5.61. The zero-order chi connectivity index (χ0) is 17.1. The third kappa shape index (κ3) is 3.73. The van der Waals surface area contributed by atoms with Crippen molar-refractivity contribution in [1.29, 1.82) is 0 Å². The van der Waals surface area contributed by atoms with Crippen LogP contribution in [0.25, 0.3) is 33.9 Å². The fourth-order valence-corrected chi connectivity index (χ4v) is 2.70. The van der Waals surface area contributed by atoms with Gasteiger partial charge in [0.05, 0.1) is 17.1 Å². The van der Waals surface area contributed by atoms with E-state index in [1.807, 2.05) is 72.8 Å². The van der Waals surface area contributed by atoms with Crippen LogP contribution in [0.5, 0.6) is 5.75 Å². The second kappa shape index (κ2) is 8.07. The van der Waals surface area contributed by atoms with Gasteiger partial charge in [-0.3, -0.25) is 4.98 Å². The predicted octanol–water partition coefficient (Wildman–Crippen LogP) is 4.98. The van der Waals surface area contributed by atoms with Gasteiger partial charge >= 0.3 is 0 Å². The van der Waals surface area contributed by atoms with E-state index in [-0.39, 0.29) is 26.8 Å². The van der Waals surface area contributed by atoms with Crippen molar-refractivity contribution in [3.8, 4) is 39.7 Å². The molecule has 0 amide bonds. The first kappa shape index (κ1) is 18.0. The number of aromatic nitrogens is 2. The van der Waals surface area contributed by atoms with E-state index >= 15 is 0 Å². The summed E-state index contributed by atoms with van der Waals surface area (Å²) in [6.45, 7) is 0. The minimum Gasteiger partial charge on any atom is -0.507 e. The molecule has 3 nitrogen and oxygen atoms in total. The van der Waals surface area contributed by atoms with Crippen LogP contribution < -0.4 is 0 Å². The van der Waals surface area contributed by atoms with Crippen molar-refractivity contribution >= 4 is 0 Å². The molecule has 2 heterocycles. The van der Waals surface area contributed by atoms with E-state index in [9.17, 15) is 5.11 Å². The van der Waals surface area contributed by atoms with Gasteiger partial charge in [-0.15, -0.1) is 35.9 Å². The predicted molar refractivity (Wildman–Crippen MR) is 98.8 cm³/mol. The Morgan fingerprint density at radius 3 is 1.92 bits per heavy atom. The number of benzene rings is 2. The number of rotatable bonds is 3. The molecule has 4 heteroatoms. The quantitative estimate of drug-likeness (QED) is 0.389. The molecule has 0 saturated heterocycles. The largest absolute Gasteiger partial charge is 0.507 e. The van der Waals surface area contributed by atoms with E-state index in [4.69, 9.17) is 4.98 Å². The van der Waals surface area contributed by atoms with E-state index in [1.54, 1.807) is 12.1 Å². The van der Waals surface area contributed by atoms with Gasteiger partial charge in [0.1, 0.15) is 5.75 Å². The smallest absolute Gasteiger partial charge is 0.124 e. The second-order valence-corrected chi connectivity index (χ2v) is 5.61. The molecular formula is C22H15N2OPt-. The van der Waals surface area contributed by atoms with Gasteiger partial charge in [-0.2, -0.15) is 0 Å². The number of hydrogen-bond donors (Lipinski definition) is 1. The molecule has 0 fully saturated rings. The molecule has 130 valence electrons. The Labute approximate surface area is 166 Å². The van der Waals surface area contributed by atoms with Crippen LogP contribution in [0.4, 0.5) is 0 Å². The van der Waals surface area contributed by atoms with E-state index < -0.39 is 0 Å². The number of nitrogens with zero attached hydrogens (tertiary/aromatic N) is 2. The number of aromatic hydroxyl groups is 1. The Kier molecular flexibility index (Phi) is 5.60. The third-order valence-corrected chi connectivity index (χ3v) is 3.93. The molecule has 2 aromatic carbocycles. The first-order valence-corrected chi connectivity index (χ1v) is 8.01. The van der Waals surface area contributed by atoms with Gasteiger partial charge in [0.15, 0.2) is 0 Å². The van der Waals surface area contributed by atoms with Crippen molar-refractivity contribution in [1.82, 2.24) is 9.97 Å². The summed E-state index contributed by atoms with van der Waals surface area (Å²) < 4.78 is 0. The van der Waals surface area contributed by atoms with Gasteiger partial charge in [-0.1, -0.05) is 30.3 Å². The van der Waals surface area contributed by atoms with Crippen LogP contribution in [0.1, 0.15) is 0 Å². The Morgan fingerprint density at radius 2 is 1.23 bits per heavy atom. The maximum atomic E-state index is 10.1. The molecule has 26 heavy (non-hydrogen) atoms. The molecular weight excluding hydrogens is 503 g/mol. The van der Waals surface area contributed by atoms with Gasteiger partial charge < -0.3 is 5.11 Å². The third-order valence-electron chi connectivity index (χ3n) is 3.93. The van der Waals surface area contributed by atoms with Crippen molar-refractivity contribution in [2.45, 2.75) is 0 Å². The van der Waals surface area contributed by atoms with Crippen molar-refractivity contribution in [3.05, 3.63) is 91.0 Å². The summed E-state index contributed by atoms with van der Waals surface area (Å²) in [5.41, 5.74) is 4.77. The minimum absolute atomic E-state index is 0. The summed E-state index contributed by atoms with van der Waals surface area (Å²) in [6, 6.07) is 29.7. The van der Waals surface area contributed by atoms with Gasteiger partial charge in [0.2, 0.25) is 0 Å². The summed E-state index contributed by atoms with van der Waals surface area (Å²) in [4.78, 5) is 9.39. The SMILES string of the molecule is Oc1ccccc1-c1cccc(-c2cccc(-c3[c-]cccc3)n2)n1.[Pt]. The van der Waals surface area contributed by atoms with Gasteiger partial charge in [-0.25, -0.2) is 4.98 Å². The number of phenolic OH excluding ortho intramolecular Hbond substituents is 1. The molecule has 0 bridgehead atoms. The molecule has 0 unspecified atom stereocenters. The summed E-state index contributed by atoms with van der Waals surface area (Å²) in [5.74, 6) is 0.216. The average Bonchev–Trinajstić information content (AvgIpc) is 2.69. The van der Waals surface area contributed by atoms with Crippen molar-refractivity contribution in [2.75, 3.05) is 0 Å². The standard InChI is InChI=1S/C22H15N2O.Pt/c25-22-15-5-4-10-17(22)19-12-7-14-21(24-19)20-13-6-11-18(23-20)16-8-2-1-3-9-16;/h1-8,10-15,25H;/q-1;. The minimum atomic E-state index is 0. The van der Waals surface area contributed by atoms with E-state index in [2.05, 4.69) is 11.1 Å². The molecule has 2 aromatic heterocycles. The summed E-state index contributed by atoms with van der Waals surface area (Å²) in [6.07, 6.45) is 0. The Bertz CT molecular complexity index is 1020. The van der Waals surface area contributed by atoms with Crippen LogP contribution in [0, 0.1) is 6.07 Å². The fraction of sp³-hybridized carbons (Fsp3) is 0. The van der Waals surface area contributed by atoms with Crippen LogP contribution in [-0.2, 0) is 21.1 Å². The maximum absolute atomic E-state index is 10.1. The average molecular weight is 518 g/mol. The molecule has 0 atom stereocenters. The Balaban J connectivity index is 0.00000196. The van der Waals surface area contributed by atoms with Gasteiger partial charge in [0, 0.05) is 26.6 Å². The molecule has 1 N–H and O–H groups in total. The van der Waals surface area contributed by atoms with Crippen molar-refractivity contribution < 1.29 is 26.2 Å². The van der Waals surface area contributed by atoms with E-state index in [1.165, 1.54) is 0 Å². The molecule has 4 aromatic rings. The molecule has 0 spiro atoms. The van der Waals surface area contributed by atoms with Crippen molar-refractivity contribution in [3.63, 3.8) is 0 Å². The van der Waals surface area contributed by atoms with E-state index in [0.29, 0.717) is 11.3 Å². The Hall–Kier alpha value is -2.77. The van der Waals surface area contributed by atoms with Gasteiger partial charge in [-0.05, 0) is 36.0 Å². The van der Waals surface area contributed by atoms with Crippen molar-refractivity contribution in [2.24, 2.45) is 0 Å². The normalized spacial score (nSPS) is 10.2. The number of pyridine rings is 2. The zero-order valence-corrected chi connectivity index (χ0v) is 16.0. The molecule has 0 radical (unpaired) electrons. The topological polar surface area (TPSA) is 46.0 Å². The molecule has 0 aliphatic carbocycles. The zero-order valence-electron chi connectivity index (χ0n) is 13.7. The number of para-hydroxylation sites is 1. The maximum Gasteiger partial charge on any atom is 0.124 e. The number of hydrogen-bond acceptors (Lipinski definition) is 3. The summed E-state index contributed by atoms with van der Waals surface area (Å²) in [5, 5.41) is 10.1. The first-order valence-electron chi connectivity index (χ1n) is 8.01. The van der Waals surface area contributed by atoms with Crippen LogP contribution >= 0.6 is 0 Å². The summed E-state index contributed by atoms with van der Waals surface area (Å²) in [7, 11) is 0. The fourth-order valence-electron chi connectivity index (χ4n) is 2.70. The van der Waals surface area contributed by atoms with Crippen LogP contribution in [0.3, 0.4) is 0 Å². The van der Waals surface area contributed by atoms with Crippen LogP contribution in [0.2, 0.25) is 0 Å². The monoisotopic (exact) mass is 518 g/mol. The number of phenols is 1. The molecule has 0 aliphatic rings.